The molecule has 0 saturated heterocycles. The van der Waals surface area contributed by atoms with Crippen LogP contribution in [-0.2, 0) is 0 Å². The SMILES string of the molecule is CCNc1ncc(C)c(N(C)CC2CCCCC2)n1. The Bertz CT molecular complexity index is 399. The molecule has 1 aromatic heterocycles. The van der Waals surface area contributed by atoms with E-state index in [0.29, 0.717) is 0 Å². The Morgan fingerprint density at radius 2 is 2.05 bits per heavy atom. The molecule has 0 bridgehead atoms. The van der Waals surface area contributed by atoms with E-state index in [9.17, 15) is 0 Å². The second kappa shape index (κ2) is 6.73. The summed E-state index contributed by atoms with van der Waals surface area (Å²) < 4.78 is 0. The summed E-state index contributed by atoms with van der Waals surface area (Å²) in [5, 5.41) is 3.18. The third-order valence-electron chi connectivity index (χ3n) is 3.90. The largest absolute Gasteiger partial charge is 0.359 e. The molecular weight excluding hydrogens is 236 g/mol. The Balaban J connectivity index is 2.04. The van der Waals surface area contributed by atoms with Gasteiger partial charge in [0.05, 0.1) is 0 Å². The van der Waals surface area contributed by atoms with Crippen molar-refractivity contribution in [2.24, 2.45) is 5.92 Å². The van der Waals surface area contributed by atoms with E-state index in [1.54, 1.807) is 0 Å². The lowest BCUT2D eigenvalue weighted by Gasteiger charge is -2.28. The molecule has 1 heterocycles. The van der Waals surface area contributed by atoms with E-state index >= 15 is 0 Å². The summed E-state index contributed by atoms with van der Waals surface area (Å²) in [6.07, 6.45) is 8.85. The summed E-state index contributed by atoms with van der Waals surface area (Å²) in [5.41, 5.74) is 1.15. The van der Waals surface area contributed by atoms with E-state index in [4.69, 9.17) is 0 Å². The zero-order valence-electron chi connectivity index (χ0n) is 12.4. The number of rotatable bonds is 5. The Kier molecular flexibility index (Phi) is 5.00. The fourth-order valence-electron chi connectivity index (χ4n) is 2.91. The van der Waals surface area contributed by atoms with E-state index in [1.807, 2.05) is 6.20 Å². The van der Waals surface area contributed by atoms with Gasteiger partial charge in [-0.05, 0) is 32.6 Å². The minimum absolute atomic E-state index is 0.735. The van der Waals surface area contributed by atoms with Crippen molar-refractivity contribution in [3.63, 3.8) is 0 Å². The molecule has 4 heteroatoms. The van der Waals surface area contributed by atoms with E-state index < -0.39 is 0 Å². The molecule has 0 amide bonds. The average Bonchev–Trinajstić information content (AvgIpc) is 2.42. The maximum atomic E-state index is 4.63. The minimum Gasteiger partial charge on any atom is -0.359 e. The van der Waals surface area contributed by atoms with Crippen LogP contribution in [0.15, 0.2) is 6.20 Å². The van der Waals surface area contributed by atoms with Crippen LogP contribution in [-0.4, -0.2) is 30.1 Å². The van der Waals surface area contributed by atoms with Gasteiger partial charge in [-0.15, -0.1) is 0 Å². The van der Waals surface area contributed by atoms with E-state index in [0.717, 1.165) is 36.3 Å². The van der Waals surface area contributed by atoms with Crippen molar-refractivity contribution in [2.45, 2.75) is 46.0 Å². The smallest absolute Gasteiger partial charge is 0.224 e. The third kappa shape index (κ3) is 3.82. The fraction of sp³-hybridized carbons (Fsp3) is 0.733. The van der Waals surface area contributed by atoms with Gasteiger partial charge < -0.3 is 10.2 Å². The van der Waals surface area contributed by atoms with E-state index in [-0.39, 0.29) is 0 Å². The third-order valence-corrected chi connectivity index (χ3v) is 3.90. The molecule has 1 N–H and O–H groups in total. The lowest BCUT2D eigenvalue weighted by Crippen LogP contribution is -2.28. The molecule has 1 fully saturated rings. The highest BCUT2D eigenvalue weighted by Crippen LogP contribution is 2.26. The van der Waals surface area contributed by atoms with Gasteiger partial charge in [-0.1, -0.05) is 19.3 Å². The number of nitrogens with zero attached hydrogens (tertiary/aromatic N) is 3. The molecular formula is C15H26N4. The van der Waals surface area contributed by atoms with Crippen LogP contribution in [0.2, 0.25) is 0 Å². The van der Waals surface area contributed by atoms with Crippen LogP contribution in [0.1, 0.15) is 44.6 Å². The van der Waals surface area contributed by atoms with Crippen LogP contribution < -0.4 is 10.2 Å². The number of hydrogen-bond donors (Lipinski definition) is 1. The lowest BCUT2D eigenvalue weighted by atomic mass is 9.89. The summed E-state index contributed by atoms with van der Waals surface area (Å²) in [6.45, 7) is 6.12. The Labute approximate surface area is 116 Å². The molecule has 1 aliphatic carbocycles. The molecule has 0 aromatic carbocycles. The zero-order valence-corrected chi connectivity index (χ0v) is 12.4. The van der Waals surface area contributed by atoms with Crippen LogP contribution in [0.4, 0.5) is 11.8 Å². The van der Waals surface area contributed by atoms with Gasteiger partial charge in [0.1, 0.15) is 5.82 Å². The van der Waals surface area contributed by atoms with Crippen LogP contribution >= 0.6 is 0 Å². The first-order valence-corrected chi connectivity index (χ1v) is 7.49. The number of nitrogens with one attached hydrogen (secondary N) is 1. The molecule has 0 spiro atoms. The summed E-state index contributed by atoms with van der Waals surface area (Å²) in [4.78, 5) is 11.2. The Morgan fingerprint density at radius 1 is 1.32 bits per heavy atom. The quantitative estimate of drug-likeness (QED) is 0.884. The van der Waals surface area contributed by atoms with Gasteiger partial charge in [0.2, 0.25) is 5.95 Å². The molecule has 0 aliphatic heterocycles. The highest BCUT2D eigenvalue weighted by atomic mass is 15.2. The van der Waals surface area contributed by atoms with Crippen LogP contribution in [0, 0.1) is 12.8 Å². The van der Waals surface area contributed by atoms with Gasteiger partial charge in [-0.3, -0.25) is 0 Å². The topological polar surface area (TPSA) is 41.1 Å². The molecule has 1 aromatic rings. The van der Waals surface area contributed by atoms with Crippen molar-refractivity contribution in [3.8, 4) is 0 Å². The molecule has 106 valence electrons. The molecule has 1 aliphatic rings. The number of anilines is 2. The minimum atomic E-state index is 0.735. The maximum absolute atomic E-state index is 4.63. The second-order valence-corrected chi connectivity index (χ2v) is 5.62. The first-order valence-electron chi connectivity index (χ1n) is 7.49. The molecule has 0 unspecified atom stereocenters. The highest BCUT2D eigenvalue weighted by Gasteiger charge is 2.17. The van der Waals surface area contributed by atoms with Crippen LogP contribution in [0.5, 0.6) is 0 Å². The molecule has 1 saturated carbocycles. The standard InChI is InChI=1S/C15H26N4/c1-4-16-15-17-10-12(2)14(18-15)19(3)11-13-8-6-5-7-9-13/h10,13H,4-9,11H2,1-3H3,(H,16,17,18). The molecule has 0 atom stereocenters. The van der Waals surface area contributed by atoms with Crippen molar-refractivity contribution >= 4 is 11.8 Å². The first-order chi connectivity index (χ1) is 9.20. The van der Waals surface area contributed by atoms with Gasteiger partial charge >= 0.3 is 0 Å². The van der Waals surface area contributed by atoms with Crippen LogP contribution in [0.25, 0.3) is 0 Å². The molecule has 0 radical (unpaired) electrons. The van der Waals surface area contributed by atoms with E-state index in [2.05, 4.69) is 41.1 Å². The monoisotopic (exact) mass is 262 g/mol. The number of aryl methyl sites for hydroxylation is 1. The Hall–Kier alpha value is -1.32. The fourth-order valence-corrected chi connectivity index (χ4v) is 2.91. The summed E-state index contributed by atoms with van der Waals surface area (Å²) >= 11 is 0. The summed E-state index contributed by atoms with van der Waals surface area (Å²) in [6, 6.07) is 0. The lowest BCUT2D eigenvalue weighted by molar-refractivity contribution is 0.361. The highest BCUT2D eigenvalue weighted by molar-refractivity contribution is 5.48. The zero-order chi connectivity index (χ0) is 13.7. The van der Waals surface area contributed by atoms with Gasteiger partial charge in [-0.25, -0.2) is 4.98 Å². The van der Waals surface area contributed by atoms with E-state index in [1.165, 1.54) is 32.1 Å². The van der Waals surface area contributed by atoms with Crippen molar-refractivity contribution in [1.82, 2.24) is 9.97 Å². The summed E-state index contributed by atoms with van der Waals surface area (Å²) in [7, 11) is 2.15. The predicted molar refractivity (Wildman–Crippen MR) is 80.8 cm³/mol. The summed E-state index contributed by atoms with van der Waals surface area (Å²) in [5.74, 6) is 2.63. The number of aromatic nitrogens is 2. The number of hydrogen-bond acceptors (Lipinski definition) is 4. The van der Waals surface area contributed by atoms with Gasteiger partial charge in [0.25, 0.3) is 0 Å². The molecule has 4 nitrogen and oxygen atoms in total. The molecule has 19 heavy (non-hydrogen) atoms. The van der Waals surface area contributed by atoms with Crippen molar-refractivity contribution in [3.05, 3.63) is 11.8 Å². The predicted octanol–water partition coefficient (Wildman–Crippen LogP) is 3.23. The van der Waals surface area contributed by atoms with Crippen molar-refractivity contribution < 1.29 is 0 Å². The van der Waals surface area contributed by atoms with Gasteiger partial charge in [-0.2, -0.15) is 4.98 Å². The van der Waals surface area contributed by atoms with Gasteiger partial charge in [0.15, 0.2) is 0 Å². The normalized spacial score (nSPS) is 16.4. The van der Waals surface area contributed by atoms with Crippen LogP contribution in [0.3, 0.4) is 0 Å². The average molecular weight is 262 g/mol. The van der Waals surface area contributed by atoms with Gasteiger partial charge in [0, 0.05) is 31.9 Å². The first kappa shape index (κ1) is 14.1. The van der Waals surface area contributed by atoms with Crippen molar-refractivity contribution in [2.75, 3.05) is 30.4 Å². The maximum Gasteiger partial charge on any atom is 0.224 e. The van der Waals surface area contributed by atoms with Crippen molar-refractivity contribution in [1.29, 1.82) is 0 Å². The second-order valence-electron chi connectivity index (χ2n) is 5.62. The molecule has 2 rings (SSSR count). The Morgan fingerprint density at radius 3 is 2.74 bits per heavy atom.